The van der Waals surface area contributed by atoms with Crippen molar-refractivity contribution >= 4 is 33.1 Å². The van der Waals surface area contributed by atoms with Crippen molar-refractivity contribution in [1.82, 2.24) is 20.1 Å². The van der Waals surface area contributed by atoms with Gasteiger partial charge in [0.25, 0.3) is 5.56 Å². The minimum absolute atomic E-state index is 0.0422. The average molecular weight is 370 g/mol. The third kappa shape index (κ3) is 2.64. The Kier molecular flexibility index (Phi) is 4.34. The normalized spacial score (nSPS) is 11.7. The maximum atomic E-state index is 13.0. The van der Waals surface area contributed by atoms with E-state index in [0.29, 0.717) is 22.1 Å². The molecule has 0 amide bonds. The molecule has 0 spiro atoms. The molecule has 0 radical (unpaired) electrons. The topological polar surface area (TPSA) is 62.7 Å². The molecule has 0 aliphatic carbocycles. The van der Waals surface area contributed by atoms with Gasteiger partial charge in [-0.05, 0) is 43.8 Å². The van der Waals surface area contributed by atoms with Gasteiger partial charge in [0.1, 0.15) is 12.2 Å². The van der Waals surface area contributed by atoms with E-state index in [1.54, 1.807) is 11.3 Å². The summed E-state index contributed by atoms with van der Waals surface area (Å²) in [6.45, 7) is 2.10. The lowest BCUT2D eigenvalue weighted by Crippen LogP contribution is -2.22. The summed E-state index contributed by atoms with van der Waals surface area (Å²) in [4.78, 5) is 15.2. The van der Waals surface area contributed by atoms with Gasteiger partial charge < -0.3 is 9.88 Å². The fourth-order valence-corrected chi connectivity index (χ4v) is 4.37. The molecular formula is C19H19FN4OS. The number of halogens is 1. The quantitative estimate of drug-likeness (QED) is 0.564. The van der Waals surface area contributed by atoms with Crippen LogP contribution in [-0.4, -0.2) is 28.5 Å². The number of aromatic amines is 1. The molecule has 0 aliphatic heterocycles. The molecule has 3 heterocycles. The van der Waals surface area contributed by atoms with Crippen molar-refractivity contribution in [3.63, 3.8) is 0 Å². The van der Waals surface area contributed by atoms with E-state index in [1.807, 2.05) is 32.2 Å². The maximum Gasteiger partial charge on any atom is 0.262 e. The number of alkyl halides is 1. The molecule has 0 unspecified atom stereocenters. The number of pyridine rings is 1. The van der Waals surface area contributed by atoms with E-state index in [1.165, 1.54) is 9.44 Å². The highest BCUT2D eigenvalue weighted by molar-refractivity contribution is 7.15. The van der Waals surface area contributed by atoms with Crippen LogP contribution in [-0.2, 0) is 13.1 Å². The number of fused-ring (bicyclic) bond motifs is 3. The van der Waals surface area contributed by atoms with Gasteiger partial charge in [0.2, 0.25) is 0 Å². The molecule has 0 saturated heterocycles. The van der Waals surface area contributed by atoms with Gasteiger partial charge >= 0.3 is 0 Å². The molecule has 3 aromatic heterocycles. The summed E-state index contributed by atoms with van der Waals surface area (Å²) in [6, 6.07) is 10.1. The Morgan fingerprint density at radius 2 is 2.15 bits per heavy atom. The Balaban J connectivity index is 1.98. The number of benzene rings is 1. The lowest BCUT2D eigenvalue weighted by atomic mass is 10.1. The Bertz CT molecular complexity index is 1160. The molecule has 1 aromatic carbocycles. The van der Waals surface area contributed by atoms with E-state index in [0.717, 1.165) is 22.4 Å². The van der Waals surface area contributed by atoms with Crippen LogP contribution < -0.4 is 10.9 Å². The van der Waals surface area contributed by atoms with Crippen LogP contribution >= 0.6 is 11.3 Å². The molecule has 0 saturated carbocycles. The summed E-state index contributed by atoms with van der Waals surface area (Å²) >= 11 is 1.73. The van der Waals surface area contributed by atoms with Gasteiger partial charge in [-0.3, -0.25) is 9.89 Å². The molecule has 2 N–H and O–H groups in total. The van der Waals surface area contributed by atoms with E-state index in [-0.39, 0.29) is 12.1 Å². The smallest absolute Gasteiger partial charge is 0.262 e. The number of aromatic nitrogens is 3. The number of hydrogen-bond acceptors (Lipinski definition) is 4. The van der Waals surface area contributed by atoms with Gasteiger partial charge in [-0.1, -0.05) is 6.07 Å². The number of thiophene rings is 1. The monoisotopic (exact) mass is 370 g/mol. The van der Waals surface area contributed by atoms with Gasteiger partial charge in [0, 0.05) is 27.4 Å². The third-order valence-corrected chi connectivity index (χ3v) is 5.69. The van der Waals surface area contributed by atoms with Crippen molar-refractivity contribution in [2.75, 3.05) is 13.7 Å². The van der Waals surface area contributed by atoms with Crippen molar-refractivity contribution in [3.8, 4) is 10.4 Å². The van der Waals surface area contributed by atoms with Crippen molar-refractivity contribution in [1.29, 1.82) is 0 Å². The largest absolute Gasteiger partial charge is 0.315 e. The lowest BCUT2D eigenvalue weighted by molar-refractivity contribution is 0.447. The number of rotatable bonds is 5. The standard InChI is InChI=1S/C19H19FN4OS/c1-11-17-18(23-22-11)14-9-12(16-6-4-13(26-16)10-21-2)3-5-15(14)24(8-7-20)19(17)25/h3-6,9,21H,7-8,10H2,1-2H3,(H,22,23). The first-order valence-corrected chi connectivity index (χ1v) is 9.26. The highest BCUT2D eigenvalue weighted by Crippen LogP contribution is 2.32. The number of H-pyrrole nitrogens is 1. The molecule has 0 atom stereocenters. The third-order valence-electron chi connectivity index (χ3n) is 4.55. The first kappa shape index (κ1) is 16.9. The first-order valence-electron chi connectivity index (χ1n) is 8.45. The highest BCUT2D eigenvalue weighted by atomic mass is 32.1. The van der Waals surface area contributed by atoms with Crippen LogP contribution in [0, 0.1) is 6.92 Å². The second-order valence-corrected chi connectivity index (χ2v) is 7.41. The molecule has 0 aliphatic rings. The van der Waals surface area contributed by atoms with Crippen LogP contribution in [0.2, 0.25) is 0 Å². The molecule has 134 valence electrons. The van der Waals surface area contributed by atoms with Crippen molar-refractivity contribution in [3.05, 3.63) is 51.3 Å². The summed E-state index contributed by atoms with van der Waals surface area (Å²) in [5.41, 5.74) is 2.93. The Morgan fingerprint density at radius 1 is 1.31 bits per heavy atom. The van der Waals surface area contributed by atoms with Crippen LogP contribution in [0.5, 0.6) is 0 Å². The molecule has 26 heavy (non-hydrogen) atoms. The molecule has 4 aromatic rings. The van der Waals surface area contributed by atoms with Crippen molar-refractivity contribution in [2.45, 2.75) is 20.0 Å². The molecule has 0 fully saturated rings. The maximum absolute atomic E-state index is 13.0. The van der Waals surface area contributed by atoms with Gasteiger partial charge in [-0.15, -0.1) is 11.3 Å². The van der Waals surface area contributed by atoms with Crippen molar-refractivity contribution in [2.24, 2.45) is 0 Å². The summed E-state index contributed by atoms with van der Waals surface area (Å²) < 4.78 is 14.6. The predicted molar refractivity (Wildman–Crippen MR) is 105 cm³/mol. The van der Waals surface area contributed by atoms with Crippen molar-refractivity contribution < 1.29 is 4.39 Å². The molecule has 0 bridgehead atoms. The van der Waals surface area contributed by atoms with E-state index < -0.39 is 6.67 Å². The van der Waals surface area contributed by atoms with Gasteiger partial charge in [-0.25, -0.2) is 4.39 Å². The van der Waals surface area contributed by atoms with E-state index >= 15 is 0 Å². The second-order valence-electron chi connectivity index (χ2n) is 6.25. The van der Waals surface area contributed by atoms with E-state index in [4.69, 9.17) is 0 Å². The molecule has 4 rings (SSSR count). The van der Waals surface area contributed by atoms with Crippen LogP contribution in [0.25, 0.3) is 32.2 Å². The van der Waals surface area contributed by atoms with Gasteiger partial charge in [-0.2, -0.15) is 5.10 Å². The van der Waals surface area contributed by atoms with Crippen LogP contribution in [0.15, 0.2) is 35.1 Å². The van der Waals surface area contributed by atoms with Gasteiger partial charge in [0.15, 0.2) is 0 Å². The first-order chi connectivity index (χ1) is 12.6. The molecular weight excluding hydrogens is 351 g/mol. The fraction of sp³-hybridized carbons (Fsp3) is 0.263. The zero-order chi connectivity index (χ0) is 18.3. The summed E-state index contributed by atoms with van der Waals surface area (Å²) in [6.07, 6.45) is 0. The fourth-order valence-electron chi connectivity index (χ4n) is 3.35. The van der Waals surface area contributed by atoms with E-state index in [9.17, 15) is 9.18 Å². The highest BCUT2D eigenvalue weighted by Gasteiger charge is 2.16. The summed E-state index contributed by atoms with van der Waals surface area (Å²) in [7, 11) is 1.93. The lowest BCUT2D eigenvalue weighted by Gasteiger charge is -2.10. The zero-order valence-electron chi connectivity index (χ0n) is 14.6. The average Bonchev–Trinajstić information content (AvgIpc) is 3.26. The Hall–Kier alpha value is -2.51. The van der Waals surface area contributed by atoms with Crippen LogP contribution in [0.1, 0.15) is 10.6 Å². The summed E-state index contributed by atoms with van der Waals surface area (Å²) in [5.74, 6) is 0. The number of nitrogens with one attached hydrogen (secondary N) is 2. The number of aryl methyl sites for hydroxylation is 2. The second kappa shape index (κ2) is 6.66. The minimum Gasteiger partial charge on any atom is -0.315 e. The number of nitrogens with zero attached hydrogens (tertiary/aromatic N) is 2. The van der Waals surface area contributed by atoms with Gasteiger partial charge in [0.05, 0.1) is 17.4 Å². The number of hydrogen-bond donors (Lipinski definition) is 2. The van der Waals surface area contributed by atoms with Crippen LogP contribution in [0.4, 0.5) is 4.39 Å². The predicted octanol–water partition coefficient (Wildman–Crippen LogP) is 3.60. The Morgan fingerprint density at radius 3 is 2.92 bits per heavy atom. The Labute approximate surface area is 153 Å². The SMILES string of the molecule is CNCc1ccc(-c2ccc3c(c2)c2n[nH]c(C)c2c(=O)n3CCF)s1. The zero-order valence-corrected chi connectivity index (χ0v) is 15.4. The van der Waals surface area contributed by atoms with Crippen LogP contribution in [0.3, 0.4) is 0 Å². The molecule has 5 nitrogen and oxygen atoms in total. The minimum atomic E-state index is -0.586. The molecule has 7 heteroatoms. The van der Waals surface area contributed by atoms with E-state index in [2.05, 4.69) is 27.6 Å². The summed E-state index contributed by atoms with van der Waals surface area (Å²) in [5, 5.41) is 11.8.